The Hall–Kier alpha value is -3.22. The zero-order valence-electron chi connectivity index (χ0n) is 17.1. The first-order chi connectivity index (χ1) is 14.5. The molecule has 30 heavy (non-hydrogen) atoms. The van der Waals surface area contributed by atoms with Crippen LogP contribution in [-0.4, -0.2) is 22.1 Å². The number of aromatic nitrogens is 2. The van der Waals surface area contributed by atoms with Crippen molar-refractivity contribution in [2.45, 2.75) is 39.2 Å². The molecule has 156 valence electrons. The second kappa shape index (κ2) is 8.26. The lowest BCUT2D eigenvalue weighted by Crippen LogP contribution is -2.36. The summed E-state index contributed by atoms with van der Waals surface area (Å²) in [5, 5.41) is 4.10. The molecule has 0 radical (unpaired) electrons. The number of amides is 1. The Morgan fingerprint density at radius 1 is 1.23 bits per heavy atom. The van der Waals surface area contributed by atoms with Crippen molar-refractivity contribution in [1.29, 1.82) is 0 Å². The topological polar surface area (TPSA) is 76.0 Å². The molecule has 1 aliphatic rings. The Kier molecular flexibility index (Phi) is 5.53. The lowest BCUT2D eigenvalue weighted by Gasteiger charge is -2.22. The van der Waals surface area contributed by atoms with E-state index in [9.17, 15) is 14.0 Å². The quantitative estimate of drug-likeness (QED) is 0.625. The molecule has 2 aromatic heterocycles. The standard InChI is InChI=1S/C23H25FN4O2/c1-3-11-26-28-14(2)20(19-13-25-12-10-18(19)23(28)30)22(29)27-21(15-4-5-15)16-6-8-17(24)9-7-16/h6-10,12-13,15,21,26H,3-5,11H2,1-2H3,(H,27,29)/t21-/m0/s1. The van der Waals surface area contributed by atoms with Gasteiger partial charge >= 0.3 is 0 Å². The van der Waals surface area contributed by atoms with Crippen molar-refractivity contribution in [3.63, 3.8) is 0 Å². The summed E-state index contributed by atoms with van der Waals surface area (Å²) in [5.41, 5.74) is 4.75. The molecule has 0 saturated heterocycles. The van der Waals surface area contributed by atoms with Crippen molar-refractivity contribution in [2.75, 3.05) is 12.0 Å². The number of hydrogen-bond acceptors (Lipinski definition) is 4. The van der Waals surface area contributed by atoms with Crippen LogP contribution in [0.15, 0.2) is 47.5 Å². The number of carbonyl (C=O) groups is 1. The minimum atomic E-state index is -0.304. The fourth-order valence-corrected chi connectivity index (χ4v) is 3.85. The summed E-state index contributed by atoms with van der Waals surface area (Å²) in [6, 6.07) is 7.69. The van der Waals surface area contributed by atoms with E-state index in [0.717, 1.165) is 24.8 Å². The highest BCUT2D eigenvalue weighted by Crippen LogP contribution is 2.41. The fourth-order valence-electron chi connectivity index (χ4n) is 3.85. The van der Waals surface area contributed by atoms with Crippen molar-refractivity contribution in [3.8, 4) is 0 Å². The van der Waals surface area contributed by atoms with Gasteiger partial charge in [0.15, 0.2) is 0 Å². The number of hydrogen-bond donors (Lipinski definition) is 2. The van der Waals surface area contributed by atoms with Crippen LogP contribution in [0.3, 0.4) is 0 Å². The van der Waals surface area contributed by atoms with Gasteiger partial charge in [0.05, 0.1) is 22.7 Å². The number of rotatable bonds is 7. The van der Waals surface area contributed by atoms with Crippen molar-refractivity contribution in [3.05, 3.63) is 75.7 Å². The number of benzene rings is 1. The van der Waals surface area contributed by atoms with Crippen LogP contribution < -0.4 is 16.3 Å². The molecule has 3 aromatic rings. The molecule has 7 heteroatoms. The van der Waals surface area contributed by atoms with Crippen molar-refractivity contribution in [1.82, 2.24) is 15.0 Å². The molecule has 2 N–H and O–H groups in total. The van der Waals surface area contributed by atoms with Crippen LogP contribution in [0.2, 0.25) is 0 Å². The molecule has 6 nitrogen and oxygen atoms in total. The molecular weight excluding hydrogens is 383 g/mol. The largest absolute Gasteiger partial charge is 0.345 e. The average molecular weight is 408 g/mol. The van der Waals surface area contributed by atoms with Gasteiger partial charge in [0, 0.05) is 24.3 Å². The molecule has 1 fully saturated rings. The third-order valence-electron chi connectivity index (χ3n) is 5.58. The van der Waals surface area contributed by atoms with Gasteiger partial charge < -0.3 is 10.7 Å². The van der Waals surface area contributed by atoms with E-state index >= 15 is 0 Å². The van der Waals surface area contributed by atoms with Gasteiger partial charge in [-0.2, -0.15) is 0 Å². The summed E-state index contributed by atoms with van der Waals surface area (Å²) in [7, 11) is 0. The summed E-state index contributed by atoms with van der Waals surface area (Å²) in [5.74, 6) is -0.242. The maximum atomic E-state index is 13.4. The summed E-state index contributed by atoms with van der Waals surface area (Å²) in [6.45, 7) is 4.38. The molecule has 0 unspecified atom stereocenters. The van der Waals surface area contributed by atoms with Crippen molar-refractivity contribution in [2.24, 2.45) is 5.92 Å². The highest BCUT2D eigenvalue weighted by molar-refractivity contribution is 6.07. The number of pyridine rings is 2. The molecule has 1 saturated carbocycles. The van der Waals surface area contributed by atoms with Crippen LogP contribution in [0.4, 0.5) is 4.39 Å². The number of carbonyl (C=O) groups excluding carboxylic acids is 1. The van der Waals surface area contributed by atoms with Crippen LogP contribution in [0, 0.1) is 18.7 Å². The van der Waals surface area contributed by atoms with E-state index in [1.54, 1.807) is 37.5 Å². The summed E-state index contributed by atoms with van der Waals surface area (Å²) in [4.78, 5) is 30.5. The maximum Gasteiger partial charge on any atom is 0.277 e. The Morgan fingerprint density at radius 2 is 1.97 bits per heavy atom. The second-order valence-electron chi connectivity index (χ2n) is 7.77. The van der Waals surface area contributed by atoms with Gasteiger partial charge in [-0.15, -0.1) is 0 Å². The highest BCUT2D eigenvalue weighted by Gasteiger charge is 2.34. The van der Waals surface area contributed by atoms with Crippen LogP contribution >= 0.6 is 0 Å². The van der Waals surface area contributed by atoms with E-state index in [2.05, 4.69) is 15.7 Å². The monoisotopic (exact) mass is 408 g/mol. The van der Waals surface area contributed by atoms with Crippen LogP contribution in [0.5, 0.6) is 0 Å². The lowest BCUT2D eigenvalue weighted by molar-refractivity contribution is 0.0932. The Labute approximate surface area is 174 Å². The molecule has 0 spiro atoms. The second-order valence-corrected chi connectivity index (χ2v) is 7.77. The SMILES string of the molecule is CCCNn1c(C)c(C(=O)N[C@H](c2ccc(F)cc2)C2CC2)c2cnccc2c1=O. The summed E-state index contributed by atoms with van der Waals surface area (Å²) in [6.07, 6.45) is 5.99. The first-order valence-corrected chi connectivity index (χ1v) is 10.3. The minimum Gasteiger partial charge on any atom is -0.345 e. The van der Waals surface area contributed by atoms with Crippen LogP contribution in [-0.2, 0) is 0 Å². The molecule has 1 aromatic carbocycles. The average Bonchev–Trinajstić information content (AvgIpc) is 3.58. The van der Waals surface area contributed by atoms with Crippen LogP contribution in [0.25, 0.3) is 10.8 Å². The van der Waals surface area contributed by atoms with E-state index in [1.807, 2.05) is 6.92 Å². The fraction of sp³-hybridized carbons (Fsp3) is 0.348. The van der Waals surface area contributed by atoms with E-state index in [1.165, 1.54) is 16.8 Å². The lowest BCUT2D eigenvalue weighted by atomic mass is 10.0. The van der Waals surface area contributed by atoms with Gasteiger partial charge in [0.25, 0.3) is 11.5 Å². The van der Waals surface area contributed by atoms with Gasteiger partial charge in [-0.05, 0) is 55.9 Å². The van der Waals surface area contributed by atoms with E-state index in [0.29, 0.717) is 34.5 Å². The maximum absolute atomic E-state index is 13.4. The van der Waals surface area contributed by atoms with Gasteiger partial charge in [-0.3, -0.25) is 14.6 Å². The molecule has 1 aliphatic carbocycles. The number of nitrogens with one attached hydrogen (secondary N) is 2. The molecule has 0 aliphatic heterocycles. The summed E-state index contributed by atoms with van der Waals surface area (Å²) >= 11 is 0. The molecule has 4 rings (SSSR count). The molecular formula is C23H25FN4O2. The molecule has 1 atom stereocenters. The first kappa shape index (κ1) is 20.1. The zero-order valence-corrected chi connectivity index (χ0v) is 17.1. The third kappa shape index (κ3) is 3.79. The smallest absolute Gasteiger partial charge is 0.277 e. The van der Waals surface area contributed by atoms with E-state index < -0.39 is 0 Å². The highest BCUT2D eigenvalue weighted by atomic mass is 19.1. The number of nitrogens with zero attached hydrogens (tertiary/aromatic N) is 2. The van der Waals surface area contributed by atoms with Gasteiger partial charge in [-0.1, -0.05) is 19.1 Å². The molecule has 1 amide bonds. The van der Waals surface area contributed by atoms with E-state index in [4.69, 9.17) is 0 Å². The predicted octanol–water partition coefficient (Wildman–Crippen LogP) is 3.68. The van der Waals surface area contributed by atoms with Crippen molar-refractivity contribution >= 4 is 16.7 Å². The van der Waals surface area contributed by atoms with Gasteiger partial charge in [0.2, 0.25) is 0 Å². The molecule has 0 bridgehead atoms. The van der Waals surface area contributed by atoms with Gasteiger partial charge in [-0.25, -0.2) is 9.07 Å². The number of halogens is 1. The third-order valence-corrected chi connectivity index (χ3v) is 5.58. The Morgan fingerprint density at radius 3 is 2.63 bits per heavy atom. The Balaban J connectivity index is 1.76. The minimum absolute atomic E-state index is 0.201. The normalized spacial score (nSPS) is 14.5. The Bertz CT molecular complexity index is 1140. The summed E-state index contributed by atoms with van der Waals surface area (Å²) < 4.78 is 14.8. The first-order valence-electron chi connectivity index (χ1n) is 10.3. The van der Waals surface area contributed by atoms with Gasteiger partial charge in [0.1, 0.15) is 5.82 Å². The van der Waals surface area contributed by atoms with Crippen LogP contribution in [0.1, 0.15) is 53.8 Å². The molecule has 2 heterocycles. The van der Waals surface area contributed by atoms with Crippen molar-refractivity contribution < 1.29 is 9.18 Å². The predicted molar refractivity (Wildman–Crippen MR) is 115 cm³/mol. The zero-order chi connectivity index (χ0) is 21.3. The van der Waals surface area contributed by atoms with E-state index in [-0.39, 0.29) is 23.3 Å². The number of fused-ring (bicyclic) bond motifs is 1.